The standard InChI is InChI=1S/C22H34N5O4P.CH4O/c1-9-10-11-29-32(27(14(2)3)15(4)5)31-19-17(7)30-22(20(19)28-8)26-13-25-18-16(6)23-12-24-21(18)26;1-2/h1,12-15,17,19-20,22H,10-11H2,2-8H3;2H,1H3/i7D;2T. The van der Waals surface area contributed by atoms with Crippen LogP contribution >= 0.6 is 8.53 Å². The normalized spacial score (nSPS) is 24.1. The van der Waals surface area contributed by atoms with Crippen molar-refractivity contribution in [2.24, 2.45) is 0 Å². The van der Waals surface area contributed by atoms with Gasteiger partial charge in [0.25, 0.3) is 8.53 Å². The maximum atomic E-state index is 8.11. The second kappa shape index (κ2) is 13.4. The molecule has 2 aromatic heterocycles. The van der Waals surface area contributed by atoms with Crippen LogP contribution in [0, 0.1) is 19.3 Å². The summed E-state index contributed by atoms with van der Waals surface area (Å²) in [5.74, 6) is 2.61. The highest BCUT2D eigenvalue weighted by atomic mass is 31.2. The maximum absolute atomic E-state index is 8.11. The van der Waals surface area contributed by atoms with Crippen molar-refractivity contribution in [2.75, 3.05) is 20.8 Å². The van der Waals surface area contributed by atoms with Crippen molar-refractivity contribution in [1.29, 1.82) is 1.43 Å². The SMILES string of the molecule is [2H]CC1OC(n2cnc3c(C)ncnc32)C(OC)C1OP(OCCC#C)N(C(C)C)C(C)C.[3H]OC. The van der Waals surface area contributed by atoms with Crippen LogP contribution in [0.1, 0.15) is 54.3 Å². The molecule has 0 radical (unpaired) electrons. The molecule has 0 bridgehead atoms. The van der Waals surface area contributed by atoms with Crippen LogP contribution in [0.15, 0.2) is 12.7 Å². The third-order valence-electron chi connectivity index (χ3n) is 5.28. The van der Waals surface area contributed by atoms with Gasteiger partial charge in [0.1, 0.15) is 24.1 Å². The molecule has 1 aliphatic rings. The lowest BCUT2D eigenvalue weighted by Gasteiger charge is -2.38. The van der Waals surface area contributed by atoms with Gasteiger partial charge in [0.2, 0.25) is 1.43 Å². The van der Waals surface area contributed by atoms with Crippen LogP contribution in [0.3, 0.4) is 0 Å². The molecule has 0 spiro atoms. The molecule has 3 heterocycles. The second-order valence-electron chi connectivity index (χ2n) is 8.21. The first-order chi connectivity index (χ1) is 17.2. The fourth-order valence-electron chi connectivity index (χ4n) is 3.88. The topological polar surface area (TPSA) is 104 Å². The van der Waals surface area contributed by atoms with Crippen LogP contribution in [0.4, 0.5) is 0 Å². The van der Waals surface area contributed by atoms with E-state index >= 15 is 0 Å². The van der Waals surface area contributed by atoms with Gasteiger partial charge >= 0.3 is 0 Å². The molecule has 0 aliphatic carbocycles. The Morgan fingerprint density at radius 2 is 2.06 bits per heavy atom. The average Bonchev–Trinajstić information content (AvgIpc) is 3.41. The number of ether oxygens (including phenoxy) is 2. The van der Waals surface area contributed by atoms with Crippen molar-refractivity contribution in [2.45, 2.75) is 84.6 Å². The van der Waals surface area contributed by atoms with Crippen molar-refractivity contribution in [3.63, 3.8) is 0 Å². The maximum Gasteiger partial charge on any atom is 0.259 e. The number of aromatic nitrogens is 4. The number of hydrogen-bond acceptors (Lipinski definition) is 9. The molecule has 0 amide bonds. The Morgan fingerprint density at radius 3 is 2.65 bits per heavy atom. The molecule has 1 aliphatic heterocycles. The van der Waals surface area contributed by atoms with Gasteiger partial charge in [0, 0.05) is 34.1 Å². The molecule has 11 heteroatoms. The van der Waals surface area contributed by atoms with Gasteiger partial charge < -0.3 is 23.6 Å². The van der Waals surface area contributed by atoms with E-state index in [-0.39, 0.29) is 19.0 Å². The van der Waals surface area contributed by atoms with E-state index in [9.17, 15) is 0 Å². The van der Waals surface area contributed by atoms with E-state index in [0.717, 1.165) is 5.69 Å². The van der Waals surface area contributed by atoms with E-state index in [1.54, 1.807) is 13.4 Å². The Balaban J connectivity index is 0.00000145. The smallest absolute Gasteiger partial charge is 0.259 e. The van der Waals surface area contributed by atoms with Crippen LogP contribution < -0.4 is 0 Å². The van der Waals surface area contributed by atoms with Crippen LogP contribution in [-0.2, 0) is 18.5 Å². The Hall–Kier alpha value is -1.70. The van der Waals surface area contributed by atoms with Gasteiger partial charge in [-0.2, -0.15) is 0 Å². The van der Waals surface area contributed by atoms with Gasteiger partial charge in [-0.25, -0.2) is 19.6 Å². The molecule has 0 saturated carbocycles. The first kappa shape index (κ1) is 25.4. The molecule has 5 unspecified atom stereocenters. The van der Waals surface area contributed by atoms with Crippen molar-refractivity contribution in [1.82, 2.24) is 24.2 Å². The summed E-state index contributed by atoms with van der Waals surface area (Å²) in [4.78, 5) is 13.1. The lowest BCUT2D eigenvalue weighted by Crippen LogP contribution is -2.39. The molecule has 34 heavy (non-hydrogen) atoms. The lowest BCUT2D eigenvalue weighted by atomic mass is 10.1. The summed E-state index contributed by atoms with van der Waals surface area (Å²) in [7, 11) is 1.45. The quantitative estimate of drug-likeness (QED) is 0.300. The number of nitrogens with zero attached hydrogens (tertiary/aromatic N) is 5. The molecular formula is C23H38N5O5P. The predicted molar refractivity (Wildman–Crippen MR) is 132 cm³/mol. The summed E-state index contributed by atoms with van der Waals surface area (Å²) in [6.07, 6.45) is 7.03. The number of fused-ring (bicyclic) bond motifs is 1. The van der Waals surface area contributed by atoms with E-state index < -0.39 is 33.1 Å². The van der Waals surface area contributed by atoms with Crippen molar-refractivity contribution in [3.05, 3.63) is 18.3 Å². The number of terminal acetylenes is 1. The number of aliphatic hydroxyl groups is 1. The first-order valence-corrected chi connectivity index (χ1v) is 12.3. The molecule has 10 nitrogen and oxygen atoms in total. The number of imidazole rings is 1. The molecule has 1 fully saturated rings. The van der Waals surface area contributed by atoms with Gasteiger partial charge in [0.05, 0.1) is 24.7 Å². The average molecular weight is 499 g/mol. The van der Waals surface area contributed by atoms with E-state index in [1.165, 1.54) is 13.4 Å². The second-order valence-corrected chi connectivity index (χ2v) is 9.62. The minimum atomic E-state index is -1.46. The number of methoxy groups -OCH3 is 1. The minimum absolute atomic E-state index is 0.0125. The minimum Gasteiger partial charge on any atom is -0.400 e. The third kappa shape index (κ3) is 6.29. The highest BCUT2D eigenvalue weighted by molar-refractivity contribution is 7.44. The fraction of sp³-hybridized carbons (Fsp3) is 0.696. The first-order valence-electron chi connectivity index (χ1n) is 12.3. The highest BCUT2D eigenvalue weighted by Crippen LogP contribution is 2.50. The molecule has 1 N–H and O–H groups in total. The summed E-state index contributed by atoms with van der Waals surface area (Å²) in [6.45, 7) is 10.7. The summed E-state index contributed by atoms with van der Waals surface area (Å²) in [5, 5.41) is 3.50. The van der Waals surface area contributed by atoms with Crippen LogP contribution in [0.2, 0.25) is 0 Å². The van der Waals surface area contributed by atoms with Crippen LogP contribution in [-0.4, -0.2) is 82.0 Å². The van der Waals surface area contributed by atoms with E-state index in [1.807, 2.05) is 11.5 Å². The summed E-state index contributed by atoms with van der Waals surface area (Å²) >= 11 is 0. The van der Waals surface area contributed by atoms with Gasteiger partial charge in [-0.05, 0) is 41.5 Å². The molecule has 5 atom stereocenters. The van der Waals surface area contributed by atoms with Gasteiger partial charge in [0.15, 0.2) is 11.9 Å². The fourth-order valence-corrected chi connectivity index (χ4v) is 5.65. The Bertz CT molecular complexity index is 968. The van der Waals surface area contributed by atoms with Gasteiger partial charge in [-0.15, -0.1) is 12.3 Å². The largest absolute Gasteiger partial charge is 0.400 e. The summed E-state index contributed by atoms with van der Waals surface area (Å²) in [6, 6.07) is 0.376. The van der Waals surface area contributed by atoms with Gasteiger partial charge in [-0.1, -0.05) is 0 Å². The third-order valence-corrected chi connectivity index (χ3v) is 7.41. The predicted octanol–water partition coefficient (Wildman–Crippen LogP) is 3.45. The van der Waals surface area contributed by atoms with E-state index in [4.69, 9.17) is 27.7 Å². The molecule has 190 valence electrons. The number of aryl methyl sites for hydroxylation is 1. The number of rotatable bonds is 10. The zero-order valence-electron chi connectivity index (χ0n) is 23.0. The van der Waals surface area contributed by atoms with Crippen LogP contribution in [0.5, 0.6) is 0 Å². The van der Waals surface area contributed by atoms with E-state index in [2.05, 4.69) is 58.3 Å². The Kier molecular flexibility index (Phi) is 10.0. The monoisotopic (exact) mass is 498 g/mol. The number of hydrogen-bond donors (Lipinski definition) is 1. The molecule has 0 aromatic carbocycles. The lowest BCUT2D eigenvalue weighted by molar-refractivity contribution is -0.0466. The van der Waals surface area contributed by atoms with Crippen molar-refractivity contribution < 1.29 is 25.0 Å². The molecular weight excluding hydrogens is 457 g/mol. The highest BCUT2D eigenvalue weighted by Gasteiger charge is 2.47. The zero-order chi connectivity index (χ0) is 26.8. The zero-order valence-corrected chi connectivity index (χ0v) is 21.9. The summed E-state index contributed by atoms with van der Waals surface area (Å²) < 4.78 is 42.7. The summed E-state index contributed by atoms with van der Waals surface area (Å²) in [5.41, 5.74) is 2.14. The molecule has 3 rings (SSSR count). The van der Waals surface area contributed by atoms with E-state index in [0.29, 0.717) is 24.2 Å². The Labute approximate surface area is 206 Å². The van der Waals surface area contributed by atoms with Crippen molar-refractivity contribution >= 4 is 19.7 Å². The Morgan fingerprint density at radius 1 is 1.35 bits per heavy atom. The molecule has 2 aromatic rings. The van der Waals surface area contributed by atoms with Crippen LogP contribution in [0.25, 0.3) is 11.2 Å². The van der Waals surface area contributed by atoms with Crippen molar-refractivity contribution in [3.8, 4) is 12.3 Å². The van der Waals surface area contributed by atoms with Gasteiger partial charge in [-0.3, -0.25) is 4.57 Å². The molecule has 1 saturated heterocycles. The number of aliphatic hydroxyl groups excluding tert-OH is 1.